The summed E-state index contributed by atoms with van der Waals surface area (Å²) in [4.78, 5) is 31.9. The maximum Gasteiger partial charge on any atom is 0.573 e. The number of carbonyl (C=O) groups is 2. The second-order valence-corrected chi connectivity index (χ2v) is 12.8. The van der Waals surface area contributed by atoms with E-state index in [9.17, 15) is 22.8 Å². The molecule has 2 aromatic heterocycles. The second-order valence-electron chi connectivity index (χ2n) is 12.8. The molecule has 47 heavy (non-hydrogen) atoms. The summed E-state index contributed by atoms with van der Waals surface area (Å²) < 4.78 is 60.5. The van der Waals surface area contributed by atoms with Gasteiger partial charge in [0.2, 0.25) is 0 Å². The average molecular weight is 665 g/mol. The molecule has 3 heterocycles. The van der Waals surface area contributed by atoms with E-state index in [1.165, 1.54) is 34.3 Å². The molecule has 1 aromatic carbocycles. The highest BCUT2D eigenvalue weighted by Gasteiger charge is 2.33. The number of rotatable bonds is 6. The summed E-state index contributed by atoms with van der Waals surface area (Å²) in [7, 11) is 1.67. The zero-order chi connectivity index (χ0) is 35.2. The van der Waals surface area contributed by atoms with Crippen LogP contribution in [0.1, 0.15) is 72.6 Å². The fraction of sp³-hybridized carbons (Fsp3) is 0.500. The van der Waals surface area contributed by atoms with Crippen LogP contribution in [0.5, 0.6) is 5.75 Å². The fourth-order valence-electron chi connectivity index (χ4n) is 4.16. The molecular weight excluding hydrogens is 621 g/mol. The minimum atomic E-state index is -4.88. The molecule has 1 aliphatic rings. The molecule has 12 nitrogen and oxygen atoms in total. The van der Waals surface area contributed by atoms with Crippen LogP contribution in [0.15, 0.2) is 49.0 Å². The van der Waals surface area contributed by atoms with Crippen molar-refractivity contribution in [1.82, 2.24) is 19.5 Å². The summed E-state index contributed by atoms with van der Waals surface area (Å²) in [6, 6.07) is 7.25. The first-order valence-electron chi connectivity index (χ1n) is 15.0. The Bertz CT molecular complexity index is 1560. The number of halogens is 3. The van der Waals surface area contributed by atoms with Gasteiger partial charge in [-0.2, -0.15) is 0 Å². The van der Waals surface area contributed by atoms with Gasteiger partial charge in [-0.3, -0.25) is 9.80 Å². The average Bonchev–Trinajstić information content (AvgIpc) is 3.39. The Morgan fingerprint density at radius 3 is 2.28 bits per heavy atom. The zero-order valence-electron chi connectivity index (χ0n) is 28.1. The molecule has 0 bridgehead atoms. The molecule has 2 amide bonds. The minimum Gasteiger partial charge on any atom is -0.498 e. The molecular formula is C32H43F3N6O6. The van der Waals surface area contributed by atoms with E-state index in [0.717, 1.165) is 5.69 Å². The lowest BCUT2D eigenvalue weighted by Crippen LogP contribution is -2.37. The number of anilines is 2. The van der Waals surface area contributed by atoms with E-state index < -0.39 is 29.4 Å². The highest BCUT2D eigenvalue weighted by atomic mass is 19.4. The zero-order valence-corrected chi connectivity index (χ0v) is 28.1. The van der Waals surface area contributed by atoms with Crippen molar-refractivity contribution in [3.8, 4) is 5.75 Å². The van der Waals surface area contributed by atoms with E-state index in [1.54, 1.807) is 56.9 Å². The van der Waals surface area contributed by atoms with Crippen molar-refractivity contribution in [1.29, 1.82) is 0 Å². The van der Waals surface area contributed by atoms with E-state index in [0.29, 0.717) is 30.3 Å². The Balaban J connectivity index is 0.000000386. The predicted octanol–water partition coefficient (Wildman–Crippen LogP) is 7.46. The number of para-hydroxylation sites is 1. The topological polar surface area (TPSA) is 120 Å². The van der Waals surface area contributed by atoms with Crippen LogP contribution >= 0.6 is 0 Å². The minimum absolute atomic E-state index is 0.0818. The third-order valence-electron chi connectivity index (χ3n) is 6.17. The monoisotopic (exact) mass is 664 g/mol. The van der Waals surface area contributed by atoms with E-state index in [2.05, 4.69) is 20.1 Å². The molecule has 0 fully saturated rings. The Kier molecular flexibility index (Phi) is 11.6. The lowest BCUT2D eigenvalue weighted by atomic mass is 10.1. The maximum absolute atomic E-state index is 13.3. The van der Waals surface area contributed by atoms with Gasteiger partial charge in [0.1, 0.15) is 29.4 Å². The number of hydrogen-bond acceptors (Lipinski definition) is 9. The van der Waals surface area contributed by atoms with Crippen LogP contribution < -0.4 is 15.0 Å². The van der Waals surface area contributed by atoms with Crippen LogP contribution in [0.3, 0.4) is 0 Å². The van der Waals surface area contributed by atoms with Gasteiger partial charge >= 0.3 is 18.5 Å². The molecule has 15 heteroatoms. The van der Waals surface area contributed by atoms with Crippen molar-refractivity contribution in [2.24, 2.45) is 0 Å². The molecule has 0 spiro atoms. The number of imidazole rings is 1. The Morgan fingerprint density at radius 1 is 1.06 bits per heavy atom. The predicted molar refractivity (Wildman–Crippen MR) is 170 cm³/mol. The first-order chi connectivity index (χ1) is 21.8. The summed E-state index contributed by atoms with van der Waals surface area (Å²) in [5.74, 6) is 0.114. The Morgan fingerprint density at radius 2 is 1.72 bits per heavy atom. The van der Waals surface area contributed by atoms with Gasteiger partial charge in [0.25, 0.3) is 0 Å². The second kappa shape index (κ2) is 14.8. The summed E-state index contributed by atoms with van der Waals surface area (Å²) in [6.45, 7) is 15.4. The van der Waals surface area contributed by atoms with Gasteiger partial charge in [0.15, 0.2) is 5.65 Å². The van der Waals surface area contributed by atoms with Gasteiger partial charge in [-0.1, -0.05) is 32.0 Å². The van der Waals surface area contributed by atoms with Crippen molar-refractivity contribution < 1.29 is 41.7 Å². The van der Waals surface area contributed by atoms with Crippen LogP contribution in [0.4, 0.5) is 34.3 Å². The van der Waals surface area contributed by atoms with Gasteiger partial charge in [-0.25, -0.2) is 19.1 Å². The molecule has 4 rings (SSSR count). The molecule has 0 aliphatic carbocycles. The molecule has 1 N–H and O–H groups in total. The van der Waals surface area contributed by atoms with E-state index in [4.69, 9.17) is 14.2 Å². The number of carbonyl (C=O) groups excluding carboxylic acids is 2. The maximum atomic E-state index is 13.3. The molecule has 0 unspecified atom stereocenters. The van der Waals surface area contributed by atoms with Gasteiger partial charge < -0.3 is 24.3 Å². The van der Waals surface area contributed by atoms with Crippen molar-refractivity contribution in [3.05, 3.63) is 60.2 Å². The number of hydrogen-bond donors (Lipinski definition) is 1. The summed E-state index contributed by atoms with van der Waals surface area (Å²) in [5, 5.41) is 7.47. The standard InChI is InChI=1S/C23H28F3N5O3.C9H15NO3/c1-14(2)17-12-28-20-16(11-19(27-6)29-31(17)20)30(21(32)34-22(3,4)5)13-15-9-7-8-10-18(15)33-23(24,25)26;1-9(2,3)13-8(11)10-4-6-12-7-5-10/h7-12,14H,13H2,1-6H3,(H,27,29);4,6H,5,7H2,1-3H3. The number of nitrogens with zero attached hydrogens (tertiary/aromatic N) is 5. The molecule has 258 valence electrons. The molecule has 3 aromatic rings. The highest BCUT2D eigenvalue weighted by Crippen LogP contribution is 2.32. The van der Waals surface area contributed by atoms with Crippen molar-refractivity contribution in [2.45, 2.75) is 85.4 Å². The van der Waals surface area contributed by atoms with Gasteiger partial charge in [0, 0.05) is 24.9 Å². The van der Waals surface area contributed by atoms with Crippen LogP contribution in [-0.4, -0.2) is 69.4 Å². The van der Waals surface area contributed by atoms with Gasteiger partial charge in [0.05, 0.1) is 36.9 Å². The van der Waals surface area contributed by atoms with Gasteiger partial charge in [-0.05, 0) is 53.5 Å². The van der Waals surface area contributed by atoms with E-state index >= 15 is 0 Å². The van der Waals surface area contributed by atoms with Crippen LogP contribution in [0.25, 0.3) is 5.65 Å². The smallest absolute Gasteiger partial charge is 0.498 e. The normalized spacial score (nSPS) is 13.4. The highest BCUT2D eigenvalue weighted by molar-refractivity contribution is 5.93. The quantitative estimate of drug-likeness (QED) is 0.286. The number of alkyl halides is 3. The number of benzene rings is 1. The molecule has 0 atom stereocenters. The largest absolute Gasteiger partial charge is 0.573 e. The SMILES string of the molecule is CC(C)(C)OC(=O)N1C=COCC1.CNc1cc(N(Cc2ccccc2OC(F)(F)F)C(=O)OC(C)(C)C)c2ncc(C(C)C)n2n1. The van der Waals surface area contributed by atoms with E-state index in [-0.39, 0.29) is 24.1 Å². The number of aromatic nitrogens is 3. The third-order valence-corrected chi connectivity index (χ3v) is 6.17. The van der Waals surface area contributed by atoms with Crippen LogP contribution in [-0.2, 0) is 20.8 Å². The van der Waals surface area contributed by atoms with Crippen molar-refractivity contribution in [3.63, 3.8) is 0 Å². The summed E-state index contributed by atoms with van der Waals surface area (Å²) >= 11 is 0. The van der Waals surface area contributed by atoms with Crippen molar-refractivity contribution in [2.75, 3.05) is 30.4 Å². The number of fused-ring (bicyclic) bond motifs is 1. The third kappa shape index (κ3) is 11.0. The van der Waals surface area contributed by atoms with Crippen LogP contribution in [0.2, 0.25) is 0 Å². The molecule has 0 saturated carbocycles. The van der Waals surface area contributed by atoms with E-state index in [1.807, 2.05) is 34.6 Å². The molecule has 1 aliphatic heterocycles. The fourth-order valence-corrected chi connectivity index (χ4v) is 4.16. The lowest BCUT2D eigenvalue weighted by molar-refractivity contribution is -0.274. The number of ether oxygens (including phenoxy) is 4. The Labute approximate surface area is 272 Å². The number of nitrogens with one attached hydrogen (secondary N) is 1. The lowest BCUT2D eigenvalue weighted by Gasteiger charge is -2.28. The Hall–Kier alpha value is -4.69. The molecule has 0 saturated heterocycles. The first kappa shape index (κ1) is 36.8. The first-order valence-corrected chi connectivity index (χ1v) is 15.0. The van der Waals surface area contributed by atoms with Crippen LogP contribution in [0, 0.1) is 0 Å². The summed E-state index contributed by atoms with van der Waals surface area (Å²) in [6.07, 6.45) is -1.23. The molecule has 0 radical (unpaired) electrons. The van der Waals surface area contributed by atoms with Crippen molar-refractivity contribution >= 4 is 29.3 Å². The van der Waals surface area contributed by atoms with Gasteiger partial charge in [-0.15, -0.1) is 18.3 Å². The number of amides is 2. The summed E-state index contributed by atoms with van der Waals surface area (Å²) in [5.41, 5.74) is 0.347.